The average molecular weight is 232 g/mol. The van der Waals surface area contributed by atoms with Crippen LogP contribution in [0.25, 0.3) is 0 Å². The number of hydrogen-bond donors (Lipinski definition) is 0. The van der Waals surface area contributed by atoms with Crippen LogP contribution in [0.2, 0.25) is 0 Å². The summed E-state index contributed by atoms with van der Waals surface area (Å²) in [6, 6.07) is 7.82. The van der Waals surface area contributed by atoms with Gasteiger partial charge in [-0.15, -0.1) is 0 Å². The summed E-state index contributed by atoms with van der Waals surface area (Å²) in [6.45, 7) is 3.99. The molecule has 0 aromatic heterocycles. The van der Waals surface area contributed by atoms with Gasteiger partial charge in [0.15, 0.2) is 0 Å². The summed E-state index contributed by atoms with van der Waals surface area (Å²) in [5.74, 6) is 0.805. The maximum absolute atomic E-state index is 12.2. The Bertz CT molecular complexity index is 397. The van der Waals surface area contributed by atoms with Crippen LogP contribution in [0.4, 0.5) is 5.69 Å². The Morgan fingerprint density at radius 3 is 2.41 bits per heavy atom. The van der Waals surface area contributed by atoms with Crippen molar-refractivity contribution in [1.82, 2.24) is 4.90 Å². The van der Waals surface area contributed by atoms with Gasteiger partial charge >= 0.3 is 0 Å². The van der Waals surface area contributed by atoms with Crippen LogP contribution >= 0.6 is 0 Å². The zero-order valence-electron chi connectivity index (χ0n) is 10.8. The molecule has 1 aromatic carbocycles. The molecule has 3 heteroatoms. The second kappa shape index (κ2) is 4.78. The third kappa shape index (κ3) is 2.60. The first-order valence-corrected chi connectivity index (χ1v) is 6.14. The van der Waals surface area contributed by atoms with Gasteiger partial charge in [0.2, 0.25) is 0 Å². The van der Waals surface area contributed by atoms with Crippen molar-refractivity contribution in [3.8, 4) is 0 Å². The Hall–Kier alpha value is -1.51. The van der Waals surface area contributed by atoms with Gasteiger partial charge in [-0.1, -0.05) is 6.92 Å². The standard InChI is InChI=1S/C14H20N2O/c1-11-8-9-16(10-11)14(17)12-4-6-13(7-5-12)15(2)3/h4-7,11H,8-10H2,1-3H3. The molecule has 1 heterocycles. The lowest BCUT2D eigenvalue weighted by Crippen LogP contribution is -2.28. The third-order valence-electron chi connectivity index (χ3n) is 3.34. The van der Waals surface area contributed by atoms with Crippen LogP contribution in [-0.4, -0.2) is 38.0 Å². The molecule has 1 aromatic rings. The van der Waals surface area contributed by atoms with Crippen LogP contribution in [0.3, 0.4) is 0 Å². The van der Waals surface area contributed by atoms with E-state index in [-0.39, 0.29) is 5.91 Å². The lowest BCUT2D eigenvalue weighted by Gasteiger charge is -2.17. The van der Waals surface area contributed by atoms with Crippen LogP contribution < -0.4 is 4.90 Å². The lowest BCUT2D eigenvalue weighted by molar-refractivity contribution is 0.0788. The molecule has 1 amide bonds. The van der Waals surface area contributed by atoms with E-state index in [1.54, 1.807) is 0 Å². The van der Waals surface area contributed by atoms with Gasteiger partial charge in [-0.3, -0.25) is 4.79 Å². The number of anilines is 1. The Morgan fingerprint density at radius 2 is 1.94 bits per heavy atom. The molecule has 1 fully saturated rings. The van der Waals surface area contributed by atoms with Gasteiger partial charge in [-0.05, 0) is 36.6 Å². The average Bonchev–Trinajstić information content (AvgIpc) is 2.75. The maximum Gasteiger partial charge on any atom is 0.253 e. The fourth-order valence-corrected chi connectivity index (χ4v) is 2.20. The van der Waals surface area contributed by atoms with Gasteiger partial charge < -0.3 is 9.80 Å². The molecule has 3 nitrogen and oxygen atoms in total. The summed E-state index contributed by atoms with van der Waals surface area (Å²) in [4.78, 5) is 16.2. The third-order valence-corrected chi connectivity index (χ3v) is 3.34. The van der Waals surface area contributed by atoms with Crippen molar-refractivity contribution < 1.29 is 4.79 Å². The SMILES string of the molecule is CC1CCN(C(=O)c2ccc(N(C)C)cc2)C1. The van der Waals surface area contributed by atoms with Gasteiger partial charge in [0.25, 0.3) is 5.91 Å². The number of likely N-dealkylation sites (tertiary alicyclic amines) is 1. The largest absolute Gasteiger partial charge is 0.378 e. The second-order valence-corrected chi connectivity index (χ2v) is 5.09. The summed E-state index contributed by atoms with van der Waals surface area (Å²) in [6.07, 6.45) is 1.13. The predicted octanol–water partition coefficient (Wildman–Crippen LogP) is 2.23. The van der Waals surface area contributed by atoms with Crippen molar-refractivity contribution in [3.63, 3.8) is 0 Å². The summed E-state index contributed by atoms with van der Waals surface area (Å²) in [5, 5.41) is 0. The molecule has 92 valence electrons. The number of carbonyl (C=O) groups is 1. The highest BCUT2D eigenvalue weighted by atomic mass is 16.2. The highest BCUT2D eigenvalue weighted by Gasteiger charge is 2.23. The van der Waals surface area contributed by atoms with E-state index < -0.39 is 0 Å². The van der Waals surface area contributed by atoms with Gasteiger partial charge in [0.1, 0.15) is 0 Å². The molecular formula is C14H20N2O. The quantitative estimate of drug-likeness (QED) is 0.780. The fraction of sp³-hybridized carbons (Fsp3) is 0.500. The molecule has 1 atom stereocenters. The minimum Gasteiger partial charge on any atom is -0.378 e. The van der Waals surface area contributed by atoms with Crippen LogP contribution in [0.5, 0.6) is 0 Å². The van der Waals surface area contributed by atoms with E-state index >= 15 is 0 Å². The molecule has 0 radical (unpaired) electrons. The fourth-order valence-electron chi connectivity index (χ4n) is 2.20. The van der Waals surface area contributed by atoms with E-state index in [9.17, 15) is 4.79 Å². The van der Waals surface area contributed by atoms with Gasteiger partial charge in [-0.25, -0.2) is 0 Å². The van der Waals surface area contributed by atoms with E-state index in [1.165, 1.54) is 0 Å². The molecule has 0 aliphatic carbocycles. The van der Waals surface area contributed by atoms with Crippen molar-refractivity contribution in [2.75, 3.05) is 32.1 Å². The molecule has 1 aliphatic heterocycles. The van der Waals surface area contributed by atoms with Crippen molar-refractivity contribution in [2.45, 2.75) is 13.3 Å². The van der Waals surface area contributed by atoms with Crippen molar-refractivity contribution in [1.29, 1.82) is 0 Å². The monoisotopic (exact) mass is 232 g/mol. The maximum atomic E-state index is 12.2. The van der Waals surface area contributed by atoms with Gasteiger partial charge in [0.05, 0.1) is 0 Å². The molecular weight excluding hydrogens is 212 g/mol. The van der Waals surface area contributed by atoms with Crippen molar-refractivity contribution >= 4 is 11.6 Å². The zero-order valence-corrected chi connectivity index (χ0v) is 10.8. The zero-order chi connectivity index (χ0) is 12.4. The van der Waals surface area contributed by atoms with Gasteiger partial charge in [-0.2, -0.15) is 0 Å². The number of hydrogen-bond acceptors (Lipinski definition) is 2. The first kappa shape index (κ1) is 12.0. The number of carbonyl (C=O) groups excluding carboxylic acids is 1. The normalized spacial score (nSPS) is 19.5. The van der Waals surface area contributed by atoms with Gasteiger partial charge in [0, 0.05) is 38.4 Å². The first-order chi connectivity index (χ1) is 8.08. The van der Waals surface area contributed by atoms with Crippen molar-refractivity contribution in [2.24, 2.45) is 5.92 Å². The molecule has 2 rings (SSSR count). The number of rotatable bonds is 2. The Balaban J connectivity index is 2.09. The van der Waals surface area contributed by atoms with E-state index in [1.807, 2.05) is 48.2 Å². The Morgan fingerprint density at radius 1 is 1.29 bits per heavy atom. The second-order valence-electron chi connectivity index (χ2n) is 5.09. The number of amides is 1. The minimum atomic E-state index is 0.166. The topological polar surface area (TPSA) is 23.6 Å². The van der Waals surface area contributed by atoms with E-state index in [0.29, 0.717) is 5.92 Å². The summed E-state index contributed by atoms with van der Waals surface area (Å²) in [7, 11) is 4.00. The number of benzene rings is 1. The smallest absolute Gasteiger partial charge is 0.253 e. The highest BCUT2D eigenvalue weighted by molar-refractivity contribution is 5.94. The lowest BCUT2D eigenvalue weighted by atomic mass is 10.1. The molecule has 1 aliphatic rings. The van der Waals surface area contributed by atoms with Crippen LogP contribution in [0, 0.1) is 5.92 Å². The van der Waals surface area contributed by atoms with E-state index in [2.05, 4.69) is 6.92 Å². The van der Waals surface area contributed by atoms with Crippen molar-refractivity contribution in [3.05, 3.63) is 29.8 Å². The molecule has 1 unspecified atom stereocenters. The first-order valence-electron chi connectivity index (χ1n) is 6.14. The molecule has 0 bridgehead atoms. The predicted molar refractivity (Wildman–Crippen MR) is 70.5 cm³/mol. The van der Waals surface area contributed by atoms with Crippen LogP contribution in [-0.2, 0) is 0 Å². The van der Waals surface area contributed by atoms with Crippen LogP contribution in [0.1, 0.15) is 23.7 Å². The molecule has 17 heavy (non-hydrogen) atoms. The van der Waals surface area contributed by atoms with E-state index in [0.717, 1.165) is 30.8 Å². The molecule has 0 N–H and O–H groups in total. The minimum absolute atomic E-state index is 0.166. The molecule has 0 saturated carbocycles. The summed E-state index contributed by atoms with van der Waals surface area (Å²) >= 11 is 0. The summed E-state index contributed by atoms with van der Waals surface area (Å²) < 4.78 is 0. The summed E-state index contributed by atoms with van der Waals surface area (Å²) in [5.41, 5.74) is 1.92. The highest BCUT2D eigenvalue weighted by Crippen LogP contribution is 2.19. The Kier molecular flexibility index (Phi) is 3.36. The van der Waals surface area contributed by atoms with Crippen LogP contribution in [0.15, 0.2) is 24.3 Å². The van der Waals surface area contributed by atoms with E-state index in [4.69, 9.17) is 0 Å². The Labute approximate surface area is 103 Å². The number of nitrogens with zero attached hydrogens (tertiary/aromatic N) is 2. The molecule has 1 saturated heterocycles. The molecule has 0 spiro atoms.